The molecule has 0 bridgehead atoms. The van der Waals surface area contributed by atoms with Gasteiger partial charge in [0.25, 0.3) is 5.91 Å². The summed E-state index contributed by atoms with van der Waals surface area (Å²) in [4.78, 5) is 17.0. The molecule has 0 aliphatic rings. The molecule has 0 fully saturated rings. The molecule has 3 aromatic carbocycles. The molecule has 28 heavy (non-hydrogen) atoms. The number of hydrogen-bond donors (Lipinski definition) is 1. The number of carbonyl (C=O) groups is 1. The third-order valence-electron chi connectivity index (χ3n) is 4.81. The fraction of sp³-hybridized carbons (Fsp3) is 0.130. The van der Waals surface area contributed by atoms with Crippen molar-refractivity contribution in [2.24, 2.45) is 7.05 Å². The molecule has 0 spiro atoms. The van der Waals surface area contributed by atoms with E-state index >= 15 is 0 Å². The molecule has 0 saturated carbocycles. The average molecular weight is 373 g/mol. The Morgan fingerprint density at radius 1 is 1.11 bits per heavy atom. The van der Waals surface area contributed by atoms with Crippen LogP contribution in [0.4, 0.5) is 4.39 Å². The summed E-state index contributed by atoms with van der Waals surface area (Å²) in [5, 5.41) is 4.96. The smallest absolute Gasteiger partial charge is 0.251 e. The number of nitrogens with zero attached hydrogens (tertiary/aromatic N) is 2. The Morgan fingerprint density at radius 3 is 2.61 bits per heavy atom. The van der Waals surface area contributed by atoms with Crippen LogP contribution in [0.3, 0.4) is 0 Å². The summed E-state index contributed by atoms with van der Waals surface area (Å²) in [6, 6.07) is 17.8. The van der Waals surface area contributed by atoms with Crippen molar-refractivity contribution < 1.29 is 9.18 Å². The number of fused-ring (bicyclic) bond motifs is 1. The van der Waals surface area contributed by atoms with Gasteiger partial charge in [0.05, 0.1) is 18.1 Å². The number of halogens is 1. The molecular formula is C23H20FN3O. The monoisotopic (exact) mass is 373 g/mol. The van der Waals surface area contributed by atoms with Crippen LogP contribution in [0.1, 0.15) is 29.0 Å². The summed E-state index contributed by atoms with van der Waals surface area (Å²) < 4.78 is 15.1. The molecule has 1 N–H and O–H groups in total. The Balaban J connectivity index is 1.63. The fourth-order valence-corrected chi connectivity index (χ4v) is 3.32. The molecular weight excluding hydrogens is 353 g/mol. The summed E-state index contributed by atoms with van der Waals surface area (Å²) >= 11 is 0. The van der Waals surface area contributed by atoms with Gasteiger partial charge in [-0.2, -0.15) is 0 Å². The minimum absolute atomic E-state index is 0.146. The molecule has 4 nitrogen and oxygen atoms in total. The molecule has 0 saturated heterocycles. The van der Waals surface area contributed by atoms with Gasteiger partial charge in [-0.25, -0.2) is 9.37 Å². The summed E-state index contributed by atoms with van der Waals surface area (Å²) in [6.07, 6.45) is 3.60. The van der Waals surface area contributed by atoms with Crippen LogP contribution in [0, 0.1) is 5.82 Å². The number of benzene rings is 3. The molecule has 1 atom stereocenters. The lowest BCUT2D eigenvalue weighted by Crippen LogP contribution is -2.26. The predicted molar refractivity (Wildman–Crippen MR) is 108 cm³/mol. The van der Waals surface area contributed by atoms with Crippen molar-refractivity contribution in [1.82, 2.24) is 14.9 Å². The standard InChI is InChI=1S/C23H20FN3O/c1-15(22-13-27(2)14-25-22)26-23(28)18-8-11-21-17(12-18)4-3-5-20(21)16-6-9-19(24)10-7-16/h3-15H,1-2H3,(H,26,28). The normalized spacial score (nSPS) is 12.1. The first-order chi connectivity index (χ1) is 13.5. The molecule has 0 radical (unpaired) electrons. The van der Waals surface area contributed by atoms with E-state index in [9.17, 15) is 9.18 Å². The number of aromatic nitrogens is 2. The van der Waals surface area contributed by atoms with Gasteiger partial charge in [-0.1, -0.05) is 36.4 Å². The minimum Gasteiger partial charge on any atom is -0.344 e. The van der Waals surface area contributed by atoms with E-state index in [-0.39, 0.29) is 17.8 Å². The molecule has 1 amide bonds. The Bertz CT molecular complexity index is 1150. The van der Waals surface area contributed by atoms with E-state index in [0.29, 0.717) is 5.56 Å². The maximum absolute atomic E-state index is 13.2. The van der Waals surface area contributed by atoms with Crippen molar-refractivity contribution >= 4 is 16.7 Å². The minimum atomic E-state index is -0.259. The van der Waals surface area contributed by atoms with E-state index in [1.54, 1.807) is 18.5 Å². The first-order valence-electron chi connectivity index (χ1n) is 9.09. The van der Waals surface area contributed by atoms with Gasteiger partial charge in [-0.05, 0) is 53.1 Å². The van der Waals surface area contributed by atoms with E-state index in [1.807, 2.05) is 61.1 Å². The molecule has 0 aliphatic carbocycles. The van der Waals surface area contributed by atoms with Crippen LogP contribution in [0.2, 0.25) is 0 Å². The van der Waals surface area contributed by atoms with Crippen LogP contribution in [0.5, 0.6) is 0 Å². The number of hydrogen-bond acceptors (Lipinski definition) is 2. The van der Waals surface area contributed by atoms with Crippen molar-refractivity contribution in [1.29, 1.82) is 0 Å². The first kappa shape index (κ1) is 17.9. The van der Waals surface area contributed by atoms with E-state index in [0.717, 1.165) is 27.6 Å². The Labute approximate surface area is 162 Å². The van der Waals surface area contributed by atoms with Crippen LogP contribution in [0.25, 0.3) is 21.9 Å². The zero-order valence-corrected chi connectivity index (χ0v) is 15.7. The van der Waals surface area contributed by atoms with Crippen molar-refractivity contribution in [3.8, 4) is 11.1 Å². The summed E-state index contributed by atoms with van der Waals surface area (Å²) in [7, 11) is 1.90. The third-order valence-corrected chi connectivity index (χ3v) is 4.81. The molecule has 0 aliphatic heterocycles. The number of carbonyl (C=O) groups excluding carboxylic acids is 1. The Morgan fingerprint density at radius 2 is 1.89 bits per heavy atom. The fourth-order valence-electron chi connectivity index (χ4n) is 3.32. The highest BCUT2D eigenvalue weighted by atomic mass is 19.1. The number of amides is 1. The molecule has 4 rings (SSSR count). The van der Waals surface area contributed by atoms with E-state index in [2.05, 4.69) is 10.3 Å². The molecule has 1 heterocycles. The second kappa shape index (κ2) is 7.27. The molecule has 5 heteroatoms. The number of rotatable bonds is 4. The maximum atomic E-state index is 13.2. The lowest BCUT2D eigenvalue weighted by Gasteiger charge is -2.13. The van der Waals surface area contributed by atoms with E-state index in [1.165, 1.54) is 12.1 Å². The van der Waals surface area contributed by atoms with Gasteiger partial charge in [-0.15, -0.1) is 0 Å². The largest absolute Gasteiger partial charge is 0.344 e. The highest BCUT2D eigenvalue weighted by Crippen LogP contribution is 2.29. The highest BCUT2D eigenvalue weighted by Gasteiger charge is 2.14. The highest BCUT2D eigenvalue weighted by molar-refractivity contribution is 6.02. The average Bonchev–Trinajstić information content (AvgIpc) is 3.14. The quantitative estimate of drug-likeness (QED) is 0.555. The van der Waals surface area contributed by atoms with Gasteiger partial charge in [0.1, 0.15) is 5.82 Å². The second-order valence-corrected chi connectivity index (χ2v) is 6.91. The lowest BCUT2D eigenvalue weighted by molar-refractivity contribution is 0.0939. The van der Waals surface area contributed by atoms with Gasteiger partial charge in [0.15, 0.2) is 0 Å². The number of nitrogens with one attached hydrogen (secondary N) is 1. The maximum Gasteiger partial charge on any atom is 0.251 e. The second-order valence-electron chi connectivity index (χ2n) is 6.91. The van der Waals surface area contributed by atoms with Gasteiger partial charge < -0.3 is 9.88 Å². The van der Waals surface area contributed by atoms with Crippen molar-refractivity contribution in [2.45, 2.75) is 13.0 Å². The van der Waals surface area contributed by atoms with Gasteiger partial charge >= 0.3 is 0 Å². The predicted octanol–water partition coefficient (Wildman–Crippen LogP) is 4.87. The summed E-state index contributed by atoms with van der Waals surface area (Å²) in [6.45, 7) is 1.91. The Kier molecular flexibility index (Phi) is 4.65. The van der Waals surface area contributed by atoms with Crippen molar-refractivity contribution in [2.75, 3.05) is 0 Å². The van der Waals surface area contributed by atoms with Crippen molar-refractivity contribution in [3.63, 3.8) is 0 Å². The topological polar surface area (TPSA) is 46.9 Å². The molecule has 4 aromatic rings. The van der Waals surface area contributed by atoms with Crippen LogP contribution in [-0.2, 0) is 7.05 Å². The summed E-state index contributed by atoms with van der Waals surface area (Å²) in [5.74, 6) is -0.405. The van der Waals surface area contributed by atoms with E-state index in [4.69, 9.17) is 0 Å². The Hall–Kier alpha value is -3.47. The van der Waals surface area contributed by atoms with Crippen LogP contribution < -0.4 is 5.32 Å². The van der Waals surface area contributed by atoms with Gasteiger partial charge in [0.2, 0.25) is 0 Å². The van der Waals surface area contributed by atoms with Crippen LogP contribution in [-0.4, -0.2) is 15.5 Å². The zero-order chi connectivity index (χ0) is 19.7. The van der Waals surface area contributed by atoms with Gasteiger partial charge in [-0.3, -0.25) is 4.79 Å². The van der Waals surface area contributed by atoms with Gasteiger partial charge in [0, 0.05) is 18.8 Å². The molecule has 140 valence electrons. The third kappa shape index (κ3) is 3.51. The van der Waals surface area contributed by atoms with Crippen LogP contribution >= 0.6 is 0 Å². The first-order valence-corrected chi connectivity index (χ1v) is 9.09. The number of imidazole rings is 1. The SMILES string of the molecule is CC(NC(=O)c1ccc2c(-c3ccc(F)cc3)cccc2c1)c1cn(C)cn1. The molecule has 1 unspecified atom stereocenters. The zero-order valence-electron chi connectivity index (χ0n) is 15.7. The van der Waals surface area contributed by atoms with E-state index < -0.39 is 0 Å². The summed E-state index contributed by atoms with van der Waals surface area (Å²) in [5.41, 5.74) is 3.35. The lowest BCUT2D eigenvalue weighted by atomic mass is 9.97. The van der Waals surface area contributed by atoms with Crippen LogP contribution in [0.15, 0.2) is 73.2 Å². The number of aryl methyl sites for hydroxylation is 1. The van der Waals surface area contributed by atoms with Crippen molar-refractivity contribution in [3.05, 3.63) is 90.3 Å². The molecule has 1 aromatic heterocycles.